The number of hydrogen-bond acceptors (Lipinski definition) is 2. The van der Waals surface area contributed by atoms with Crippen LogP contribution in [0.15, 0.2) is 0 Å². The maximum absolute atomic E-state index is 12.7. The zero-order valence-electron chi connectivity index (χ0n) is 11.9. The second-order valence-electron chi connectivity index (χ2n) is 7.39. The van der Waals surface area contributed by atoms with Gasteiger partial charge in [0, 0.05) is 11.8 Å². The van der Waals surface area contributed by atoms with Gasteiger partial charge in [-0.2, -0.15) is 0 Å². The van der Waals surface area contributed by atoms with Crippen LogP contribution >= 0.6 is 0 Å². The molecule has 1 spiro atoms. The average molecular weight is 249 g/mol. The number of rotatable bonds is 2. The molecule has 0 aromatic heterocycles. The summed E-state index contributed by atoms with van der Waals surface area (Å²) < 4.78 is 0. The fourth-order valence-corrected chi connectivity index (χ4v) is 4.69. The quantitative estimate of drug-likeness (QED) is 0.815. The molecule has 1 N–H and O–H groups in total. The summed E-state index contributed by atoms with van der Waals surface area (Å²) in [6.45, 7) is 6.90. The molecule has 3 atom stereocenters. The molecule has 3 unspecified atom stereocenters. The first-order valence-electron chi connectivity index (χ1n) is 7.85. The minimum Gasteiger partial charge on any atom is -0.317 e. The smallest absolute Gasteiger partial charge is 0.139 e. The fraction of sp³-hybridized carbons (Fsp3) is 0.938. The lowest BCUT2D eigenvalue weighted by atomic mass is 9.73. The minimum absolute atomic E-state index is 0.392. The summed E-state index contributed by atoms with van der Waals surface area (Å²) in [6.07, 6.45) is 7.32. The van der Waals surface area contributed by atoms with Crippen molar-refractivity contribution in [3.05, 3.63) is 0 Å². The van der Waals surface area contributed by atoms with Crippen LogP contribution < -0.4 is 5.32 Å². The van der Waals surface area contributed by atoms with Gasteiger partial charge in [-0.25, -0.2) is 0 Å². The maximum atomic E-state index is 12.7. The van der Waals surface area contributed by atoms with E-state index in [0.29, 0.717) is 23.0 Å². The Hall–Kier alpha value is -0.370. The lowest BCUT2D eigenvalue weighted by molar-refractivity contribution is -0.127. The minimum atomic E-state index is 0.392. The van der Waals surface area contributed by atoms with E-state index in [1.807, 2.05) is 0 Å². The van der Waals surface area contributed by atoms with Gasteiger partial charge in [0.05, 0.1) is 0 Å². The van der Waals surface area contributed by atoms with Crippen LogP contribution in [0.3, 0.4) is 0 Å². The van der Waals surface area contributed by atoms with Crippen molar-refractivity contribution < 1.29 is 4.79 Å². The van der Waals surface area contributed by atoms with Crippen LogP contribution in [0.25, 0.3) is 0 Å². The van der Waals surface area contributed by atoms with Crippen molar-refractivity contribution in [2.75, 3.05) is 13.1 Å². The SMILES string of the molecule is CC1CC(C)CC(C(=O)C2CC23CCNCC3)C1. The number of Topliss-reactive ketones (excluding diaryl/α,β-unsaturated/α-hetero) is 1. The topological polar surface area (TPSA) is 29.1 Å². The van der Waals surface area contributed by atoms with Gasteiger partial charge in [-0.05, 0) is 68.9 Å². The van der Waals surface area contributed by atoms with E-state index in [-0.39, 0.29) is 0 Å². The Balaban J connectivity index is 1.62. The van der Waals surface area contributed by atoms with Gasteiger partial charge in [0.1, 0.15) is 5.78 Å². The zero-order valence-corrected chi connectivity index (χ0v) is 11.9. The number of hydrogen-bond donors (Lipinski definition) is 1. The molecule has 3 fully saturated rings. The van der Waals surface area contributed by atoms with Crippen molar-refractivity contribution in [2.45, 2.75) is 52.4 Å². The molecule has 2 heteroatoms. The number of ketones is 1. The van der Waals surface area contributed by atoms with Gasteiger partial charge < -0.3 is 5.32 Å². The average Bonchev–Trinajstić information content (AvgIpc) is 3.01. The molecule has 0 amide bonds. The molecule has 18 heavy (non-hydrogen) atoms. The first kappa shape index (κ1) is 12.7. The number of carbonyl (C=O) groups is 1. The highest BCUT2D eigenvalue weighted by molar-refractivity contribution is 5.87. The molecule has 0 aromatic rings. The van der Waals surface area contributed by atoms with Gasteiger partial charge in [-0.3, -0.25) is 4.79 Å². The van der Waals surface area contributed by atoms with E-state index in [2.05, 4.69) is 19.2 Å². The Morgan fingerprint density at radius 2 is 1.67 bits per heavy atom. The first-order valence-corrected chi connectivity index (χ1v) is 7.85. The largest absolute Gasteiger partial charge is 0.317 e. The van der Waals surface area contributed by atoms with Crippen LogP contribution in [0, 0.1) is 29.1 Å². The molecule has 1 aliphatic heterocycles. The Morgan fingerprint density at radius 3 is 2.28 bits per heavy atom. The summed E-state index contributed by atoms with van der Waals surface area (Å²) in [5.41, 5.74) is 0.437. The summed E-state index contributed by atoms with van der Waals surface area (Å²) in [5, 5.41) is 3.42. The summed E-state index contributed by atoms with van der Waals surface area (Å²) in [4.78, 5) is 12.7. The van der Waals surface area contributed by atoms with Crippen molar-refractivity contribution in [3.63, 3.8) is 0 Å². The van der Waals surface area contributed by atoms with Crippen molar-refractivity contribution in [2.24, 2.45) is 29.1 Å². The monoisotopic (exact) mass is 249 g/mol. The second-order valence-corrected chi connectivity index (χ2v) is 7.39. The lowest BCUT2D eigenvalue weighted by Gasteiger charge is -2.31. The molecule has 2 saturated carbocycles. The van der Waals surface area contributed by atoms with E-state index in [1.165, 1.54) is 25.7 Å². The van der Waals surface area contributed by atoms with Gasteiger partial charge in [0.2, 0.25) is 0 Å². The predicted octanol–water partition coefficient (Wildman–Crippen LogP) is 3.02. The van der Waals surface area contributed by atoms with Gasteiger partial charge in [-0.1, -0.05) is 13.8 Å². The first-order chi connectivity index (χ1) is 8.61. The summed E-state index contributed by atoms with van der Waals surface area (Å²) in [7, 11) is 0. The molecule has 0 aromatic carbocycles. The summed E-state index contributed by atoms with van der Waals surface area (Å²) >= 11 is 0. The van der Waals surface area contributed by atoms with E-state index in [0.717, 1.165) is 37.8 Å². The fourth-order valence-electron chi connectivity index (χ4n) is 4.69. The summed E-state index contributed by atoms with van der Waals surface area (Å²) in [5.74, 6) is 2.97. The molecule has 2 aliphatic carbocycles. The van der Waals surface area contributed by atoms with Crippen molar-refractivity contribution in [3.8, 4) is 0 Å². The highest BCUT2D eigenvalue weighted by Crippen LogP contribution is 2.60. The van der Waals surface area contributed by atoms with Crippen LogP contribution in [-0.4, -0.2) is 18.9 Å². The standard InChI is InChI=1S/C16H27NO/c1-11-7-12(2)9-13(8-11)15(18)14-10-16(14)3-5-17-6-4-16/h11-14,17H,3-10H2,1-2H3. The molecule has 1 saturated heterocycles. The molecule has 0 bridgehead atoms. The van der Waals surface area contributed by atoms with Crippen molar-refractivity contribution in [1.82, 2.24) is 5.32 Å². The normalized spacial score (nSPS) is 42.8. The van der Waals surface area contributed by atoms with Crippen molar-refractivity contribution >= 4 is 5.78 Å². The van der Waals surface area contributed by atoms with E-state index >= 15 is 0 Å². The highest BCUT2D eigenvalue weighted by Gasteiger charge is 2.58. The summed E-state index contributed by atoms with van der Waals surface area (Å²) in [6, 6.07) is 0. The molecule has 102 valence electrons. The van der Waals surface area contributed by atoms with Gasteiger partial charge in [-0.15, -0.1) is 0 Å². The molecule has 3 rings (SSSR count). The molecule has 1 heterocycles. The molecule has 3 aliphatic rings. The maximum Gasteiger partial charge on any atom is 0.139 e. The predicted molar refractivity (Wildman–Crippen MR) is 73.3 cm³/mol. The number of nitrogens with one attached hydrogen (secondary N) is 1. The van der Waals surface area contributed by atoms with Gasteiger partial charge >= 0.3 is 0 Å². The highest BCUT2D eigenvalue weighted by atomic mass is 16.1. The lowest BCUT2D eigenvalue weighted by Crippen LogP contribution is -2.33. The van der Waals surface area contributed by atoms with Crippen LogP contribution in [0.1, 0.15) is 52.4 Å². The van der Waals surface area contributed by atoms with Gasteiger partial charge in [0.25, 0.3) is 0 Å². The third-order valence-corrected chi connectivity index (χ3v) is 5.71. The molecular weight excluding hydrogens is 222 g/mol. The molecular formula is C16H27NO. The second kappa shape index (κ2) is 4.63. The van der Waals surface area contributed by atoms with E-state index < -0.39 is 0 Å². The van der Waals surface area contributed by atoms with E-state index in [9.17, 15) is 4.79 Å². The van der Waals surface area contributed by atoms with Crippen LogP contribution in [0.2, 0.25) is 0 Å². The Labute approximate surface area is 111 Å². The Kier molecular flexibility index (Phi) is 3.25. The number of carbonyl (C=O) groups excluding carboxylic acids is 1. The third kappa shape index (κ3) is 2.24. The van der Waals surface area contributed by atoms with Crippen LogP contribution in [0.5, 0.6) is 0 Å². The third-order valence-electron chi connectivity index (χ3n) is 5.71. The van der Waals surface area contributed by atoms with Crippen LogP contribution in [0.4, 0.5) is 0 Å². The molecule has 2 nitrogen and oxygen atoms in total. The zero-order chi connectivity index (χ0) is 12.8. The van der Waals surface area contributed by atoms with E-state index in [1.54, 1.807) is 0 Å². The number of piperidine rings is 1. The Morgan fingerprint density at radius 1 is 1.06 bits per heavy atom. The van der Waals surface area contributed by atoms with Crippen molar-refractivity contribution in [1.29, 1.82) is 0 Å². The van der Waals surface area contributed by atoms with Gasteiger partial charge in [0.15, 0.2) is 0 Å². The van der Waals surface area contributed by atoms with E-state index in [4.69, 9.17) is 0 Å². The van der Waals surface area contributed by atoms with Crippen LogP contribution in [-0.2, 0) is 4.79 Å². The molecule has 0 radical (unpaired) electrons. The Bertz CT molecular complexity index is 322.